The fourth-order valence-electron chi connectivity index (χ4n) is 0.580. The van der Waals surface area contributed by atoms with Crippen LogP contribution in [0.25, 0.3) is 0 Å². The summed E-state index contributed by atoms with van der Waals surface area (Å²) in [6, 6.07) is 1.73. The molecule has 0 aromatic heterocycles. The number of hydrogen-bond acceptors (Lipinski definition) is 3. The van der Waals surface area contributed by atoms with E-state index in [0.29, 0.717) is 6.08 Å². The molecule has 0 rings (SSSR count). The third kappa shape index (κ3) is 4.06. The largest absolute Gasteiger partial charge is 0.478 e. The number of carboxylic acids is 2. The van der Waals surface area contributed by atoms with Gasteiger partial charge in [0, 0.05) is 18.1 Å². The monoisotopic (exact) mass is 169 g/mol. The summed E-state index contributed by atoms with van der Waals surface area (Å²) >= 11 is 0. The lowest BCUT2D eigenvalue weighted by Crippen LogP contribution is -2.03. The second-order valence-corrected chi connectivity index (χ2v) is 1.97. The van der Waals surface area contributed by atoms with E-state index in [0.717, 1.165) is 0 Å². The number of hydrogen-bond donors (Lipinski definition) is 2. The minimum absolute atomic E-state index is 0.00537. The van der Waals surface area contributed by atoms with Crippen LogP contribution in [0.5, 0.6) is 0 Å². The molecule has 0 bridgehead atoms. The summed E-state index contributed by atoms with van der Waals surface area (Å²) in [5.41, 5.74) is -0.260. The molecule has 0 radical (unpaired) electrons. The molecule has 0 saturated carbocycles. The zero-order valence-electron chi connectivity index (χ0n) is 6.15. The summed E-state index contributed by atoms with van der Waals surface area (Å²) in [7, 11) is 0. The van der Waals surface area contributed by atoms with Gasteiger partial charge in [0.05, 0.1) is 6.07 Å². The molecule has 0 fully saturated rings. The number of nitriles is 1. The second kappa shape index (κ2) is 4.91. The molecular formula is C7H7NO4. The quantitative estimate of drug-likeness (QED) is 0.593. The molecule has 0 saturated heterocycles. The van der Waals surface area contributed by atoms with Crippen LogP contribution < -0.4 is 0 Å². The van der Waals surface area contributed by atoms with Crippen LogP contribution in [-0.4, -0.2) is 22.2 Å². The highest BCUT2D eigenvalue weighted by Crippen LogP contribution is 2.04. The molecule has 0 aliphatic rings. The van der Waals surface area contributed by atoms with Gasteiger partial charge in [-0.2, -0.15) is 5.26 Å². The van der Waals surface area contributed by atoms with E-state index in [9.17, 15) is 9.59 Å². The smallest absolute Gasteiger partial charge is 0.331 e. The summed E-state index contributed by atoms with van der Waals surface area (Å²) in [6.07, 6.45) is 0.559. The van der Waals surface area contributed by atoms with Crippen LogP contribution >= 0.6 is 0 Å². The van der Waals surface area contributed by atoms with Crippen molar-refractivity contribution in [1.29, 1.82) is 5.26 Å². The molecular weight excluding hydrogens is 162 g/mol. The topological polar surface area (TPSA) is 98.4 Å². The molecule has 2 N–H and O–H groups in total. The maximum atomic E-state index is 10.3. The molecule has 0 aromatic rings. The Bertz CT molecular complexity index is 261. The van der Waals surface area contributed by atoms with Crippen molar-refractivity contribution >= 4 is 11.9 Å². The van der Waals surface area contributed by atoms with Crippen molar-refractivity contribution in [2.45, 2.75) is 12.8 Å². The molecule has 0 aliphatic heterocycles. The van der Waals surface area contributed by atoms with Crippen LogP contribution in [0.15, 0.2) is 11.6 Å². The van der Waals surface area contributed by atoms with E-state index in [1.165, 1.54) is 0 Å². The molecule has 5 nitrogen and oxygen atoms in total. The standard InChI is InChI=1S/C7H7NO4/c8-3-1-2-5(7(11)12)4-6(9)10/h4H,1-2H2,(H,9,10)(H,11,12)/b5-4-. The van der Waals surface area contributed by atoms with E-state index in [2.05, 4.69) is 0 Å². The van der Waals surface area contributed by atoms with Gasteiger partial charge >= 0.3 is 11.9 Å². The Morgan fingerprint density at radius 2 is 2.00 bits per heavy atom. The van der Waals surface area contributed by atoms with E-state index in [4.69, 9.17) is 15.5 Å². The van der Waals surface area contributed by atoms with Crippen molar-refractivity contribution < 1.29 is 19.8 Å². The van der Waals surface area contributed by atoms with Crippen LogP contribution in [0.4, 0.5) is 0 Å². The van der Waals surface area contributed by atoms with Crippen LogP contribution in [-0.2, 0) is 9.59 Å². The number of carbonyl (C=O) groups is 2. The average Bonchev–Trinajstić information content (AvgIpc) is 1.96. The van der Waals surface area contributed by atoms with Crippen LogP contribution in [0.1, 0.15) is 12.8 Å². The average molecular weight is 169 g/mol. The molecule has 0 heterocycles. The predicted molar refractivity (Wildman–Crippen MR) is 38.2 cm³/mol. The van der Waals surface area contributed by atoms with E-state index in [-0.39, 0.29) is 18.4 Å². The van der Waals surface area contributed by atoms with E-state index >= 15 is 0 Å². The maximum absolute atomic E-state index is 10.3. The summed E-state index contributed by atoms with van der Waals surface area (Å²) in [5, 5.41) is 24.7. The molecule has 0 unspecified atom stereocenters. The highest BCUT2D eigenvalue weighted by molar-refractivity contribution is 5.94. The lowest BCUT2D eigenvalue weighted by atomic mass is 10.1. The third-order valence-corrected chi connectivity index (χ3v) is 1.08. The summed E-state index contributed by atoms with van der Waals surface area (Å²) < 4.78 is 0. The van der Waals surface area contributed by atoms with Gasteiger partial charge in [0.15, 0.2) is 0 Å². The molecule has 12 heavy (non-hydrogen) atoms. The predicted octanol–water partition coefficient (Wildman–Crippen LogP) is 0.386. The Morgan fingerprint density at radius 3 is 2.33 bits per heavy atom. The fraction of sp³-hybridized carbons (Fsp3) is 0.286. The highest BCUT2D eigenvalue weighted by atomic mass is 16.4. The van der Waals surface area contributed by atoms with Gasteiger partial charge in [0.1, 0.15) is 0 Å². The summed E-state index contributed by atoms with van der Waals surface area (Å²) in [6.45, 7) is 0. The minimum atomic E-state index is -1.31. The molecule has 0 spiro atoms. The normalized spacial score (nSPS) is 10.4. The van der Waals surface area contributed by atoms with Crippen molar-refractivity contribution in [3.05, 3.63) is 11.6 Å². The number of carboxylic acid groups (broad SMARTS) is 2. The Balaban J connectivity index is 4.36. The van der Waals surface area contributed by atoms with Gasteiger partial charge in [-0.25, -0.2) is 9.59 Å². The number of aliphatic carboxylic acids is 2. The summed E-state index contributed by atoms with van der Waals surface area (Å²) in [5.74, 6) is -2.61. The minimum Gasteiger partial charge on any atom is -0.478 e. The Hall–Kier alpha value is -1.83. The lowest BCUT2D eigenvalue weighted by Gasteiger charge is -1.94. The molecule has 0 aliphatic carbocycles. The van der Waals surface area contributed by atoms with Crippen molar-refractivity contribution in [3.63, 3.8) is 0 Å². The van der Waals surface area contributed by atoms with Gasteiger partial charge < -0.3 is 10.2 Å². The van der Waals surface area contributed by atoms with E-state index in [1.807, 2.05) is 0 Å². The SMILES string of the molecule is N#CCC/C(=C/C(=O)O)C(=O)O. The maximum Gasteiger partial charge on any atom is 0.331 e. The second-order valence-electron chi connectivity index (χ2n) is 1.97. The van der Waals surface area contributed by atoms with E-state index < -0.39 is 11.9 Å². The zero-order valence-corrected chi connectivity index (χ0v) is 6.15. The first-order valence-electron chi connectivity index (χ1n) is 3.11. The Labute approximate surface area is 68.5 Å². The third-order valence-electron chi connectivity index (χ3n) is 1.08. The van der Waals surface area contributed by atoms with Crippen LogP contribution in [0, 0.1) is 11.3 Å². The van der Waals surface area contributed by atoms with Gasteiger partial charge in [0.25, 0.3) is 0 Å². The Kier molecular flexibility index (Phi) is 4.16. The number of nitrogens with zero attached hydrogens (tertiary/aromatic N) is 1. The zero-order chi connectivity index (χ0) is 9.56. The first-order valence-corrected chi connectivity index (χ1v) is 3.11. The summed E-state index contributed by atoms with van der Waals surface area (Å²) in [4.78, 5) is 20.4. The van der Waals surface area contributed by atoms with Crippen molar-refractivity contribution in [2.24, 2.45) is 0 Å². The lowest BCUT2D eigenvalue weighted by molar-refractivity contribution is -0.135. The number of rotatable bonds is 4. The first-order chi connectivity index (χ1) is 5.57. The molecule has 0 aromatic carbocycles. The van der Waals surface area contributed by atoms with Crippen LogP contribution in [0.3, 0.4) is 0 Å². The highest BCUT2D eigenvalue weighted by Gasteiger charge is 2.08. The van der Waals surface area contributed by atoms with E-state index in [1.54, 1.807) is 6.07 Å². The molecule has 64 valence electrons. The van der Waals surface area contributed by atoms with Crippen molar-refractivity contribution in [3.8, 4) is 6.07 Å². The Morgan fingerprint density at radius 1 is 1.42 bits per heavy atom. The van der Waals surface area contributed by atoms with Gasteiger partial charge in [-0.05, 0) is 6.42 Å². The van der Waals surface area contributed by atoms with Crippen LogP contribution in [0.2, 0.25) is 0 Å². The molecule has 5 heteroatoms. The van der Waals surface area contributed by atoms with Crippen molar-refractivity contribution in [1.82, 2.24) is 0 Å². The van der Waals surface area contributed by atoms with Gasteiger partial charge in [-0.1, -0.05) is 0 Å². The van der Waals surface area contributed by atoms with Gasteiger partial charge in [0.2, 0.25) is 0 Å². The van der Waals surface area contributed by atoms with Gasteiger partial charge in [-0.15, -0.1) is 0 Å². The van der Waals surface area contributed by atoms with Gasteiger partial charge in [-0.3, -0.25) is 0 Å². The molecule has 0 atom stereocenters. The molecule has 0 amide bonds. The van der Waals surface area contributed by atoms with Crippen molar-refractivity contribution in [2.75, 3.05) is 0 Å². The first kappa shape index (κ1) is 10.2. The fourth-order valence-corrected chi connectivity index (χ4v) is 0.580.